The second-order valence-corrected chi connectivity index (χ2v) is 5.06. The maximum Gasteiger partial charge on any atom is 0.122 e. The molecular weight excluding hydrogens is 250 g/mol. The highest BCUT2D eigenvalue weighted by molar-refractivity contribution is 5.41. The molecule has 1 aliphatic heterocycles. The Morgan fingerprint density at radius 3 is 2.90 bits per heavy atom. The van der Waals surface area contributed by atoms with Crippen molar-refractivity contribution >= 4 is 0 Å². The second-order valence-electron chi connectivity index (χ2n) is 5.06. The number of benzene rings is 1. The summed E-state index contributed by atoms with van der Waals surface area (Å²) in [6.45, 7) is 3.85. The van der Waals surface area contributed by atoms with Crippen LogP contribution >= 0.6 is 0 Å². The highest BCUT2D eigenvalue weighted by Gasteiger charge is 2.32. The van der Waals surface area contributed by atoms with Crippen LogP contribution in [0.25, 0.3) is 0 Å². The summed E-state index contributed by atoms with van der Waals surface area (Å²) < 4.78 is 5.81. The number of para-hydroxylation sites is 1. The SMILES string of the molecule is CCCNC(c1cncnc1)C1COc2ccccc21. The number of nitrogens with zero attached hydrogens (tertiary/aromatic N) is 2. The van der Waals surface area contributed by atoms with Crippen molar-refractivity contribution in [1.29, 1.82) is 0 Å². The van der Waals surface area contributed by atoms with E-state index < -0.39 is 0 Å². The van der Waals surface area contributed by atoms with E-state index in [1.165, 1.54) is 5.56 Å². The third-order valence-corrected chi connectivity index (χ3v) is 3.69. The average molecular weight is 269 g/mol. The van der Waals surface area contributed by atoms with E-state index >= 15 is 0 Å². The van der Waals surface area contributed by atoms with E-state index in [9.17, 15) is 0 Å². The van der Waals surface area contributed by atoms with Crippen molar-refractivity contribution in [3.8, 4) is 5.75 Å². The van der Waals surface area contributed by atoms with Crippen LogP contribution in [0.3, 0.4) is 0 Å². The minimum absolute atomic E-state index is 0.194. The van der Waals surface area contributed by atoms with Gasteiger partial charge in [0.25, 0.3) is 0 Å². The van der Waals surface area contributed by atoms with Gasteiger partial charge in [0.05, 0.1) is 6.61 Å². The highest BCUT2D eigenvalue weighted by atomic mass is 16.5. The van der Waals surface area contributed by atoms with Gasteiger partial charge in [0.1, 0.15) is 12.1 Å². The quantitative estimate of drug-likeness (QED) is 0.906. The Kier molecular flexibility index (Phi) is 3.92. The molecule has 1 aromatic heterocycles. The monoisotopic (exact) mass is 269 g/mol. The van der Waals surface area contributed by atoms with Gasteiger partial charge in [-0.3, -0.25) is 0 Å². The lowest BCUT2D eigenvalue weighted by atomic mass is 9.89. The van der Waals surface area contributed by atoms with Crippen molar-refractivity contribution in [3.63, 3.8) is 0 Å². The molecule has 0 aliphatic carbocycles. The minimum Gasteiger partial charge on any atom is -0.493 e. The van der Waals surface area contributed by atoms with Crippen molar-refractivity contribution in [2.75, 3.05) is 13.2 Å². The lowest BCUT2D eigenvalue weighted by Gasteiger charge is -2.24. The lowest BCUT2D eigenvalue weighted by molar-refractivity contribution is 0.299. The Labute approximate surface area is 119 Å². The average Bonchev–Trinajstić information content (AvgIpc) is 2.93. The van der Waals surface area contributed by atoms with E-state index in [0.717, 1.165) is 24.3 Å². The first-order chi connectivity index (χ1) is 9.90. The topological polar surface area (TPSA) is 47.0 Å². The van der Waals surface area contributed by atoms with Gasteiger partial charge in [0.15, 0.2) is 0 Å². The molecule has 1 aliphatic rings. The van der Waals surface area contributed by atoms with E-state index in [1.54, 1.807) is 6.33 Å². The van der Waals surface area contributed by atoms with Crippen LogP contribution in [0.15, 0.2) is 43.0 Å². The predicted octanol–water partition coefficient (Wildman–Crippen LogP) is 2.69. The van der Waals surface area contributed by atoms with Gasteiger partial charge < -0.3 is 10.1 Å². The third kappa shape index (κ3) is 2.51. The Bertz CT molecular complexity index is 559. The van der Waals surface area contributed by atoms with Gasteiger partial charge in [-0.15, -0.1) is 0 Å². The highest BCUT2D eigenvalue weighted by Crippen LogP contribution is 2.40. The summed E-state index contributed by atoms with van der Waals surface area (Å²) in [5.74, 6) is 1.31. The zero-order valence-corrected chi connectivity index (χ0v) is 11.6. The molecule has 20 heavy (non-hydrogen) atoms. The Hall–Kier alpha value is -1.94. The van der Waals surface area contributed by atoms with Gasteiger partial charge in [-0.2, -0.15) is 0 Å². The fourth-order valence-corrected chi connectivity index (χ4v) is 2.73. The predicted molar refractivity (Wildman–Crippen MR) is 77.7 cm³/mol. The molecule has 3 rings (SSSR count). The van der Waals surface area contributed by atoms with Gasteiger partial charge in [-0.1, -0.05) is 25.1 Å². The van der Waals surface area contributed by atoms with Crippen molar-refractivity contribution in [2.45, 2.75) is 25.3 Å². The second kappa shape index (κ2) is 6.01. The standard InChI is InChI=1S/C16H19N3O/c1-2-7-19-16(12-8-17-11-18-9-12)14-10-20-15-6-4-3-5-13(14)15/h3-6,8-9,11,14,16,19H,2,7,10H2,1H3. The van der Waals surface area contributed by atoms with Gasteiger partial charge in [-0.25, -0.2) is 9.97 Å². The van der Waals surface area contributed by atoms with Crippen LogP contribution in [0, 0.1) is 0 Å². The van der Waals surface area contributed by atoms with Crippen LogP contribution in [-0.4, -0.2) is 23.1 Å². The summed E-state index contributed by atoms with van der Waals surface area (Å²) in [5, 5.41) is 3.61. The van der Waals surface area contributed by atoms with Crippen LogP contribution in [0.1, 0.15) is 36.4 Å². The smallest absolute Gasteiger partial charge is 0.122 e. The minimum atomic E-state index is 0.194. The molecule has 0 spiro atoms. The first-order valence-electron chi connectivity index (χ1n) is 7.10. The summed E-state index contributed by atoms with van der Waals surface area (Å²) in [6, 6.07) is 8.46. The third-order valence-electron chi connectivity index (χ3n) is 3.69. The van der Waals surface area contributed by atoms with Crippen molar-refractivity contribution in [3.05, 3.63) is 54.1 Å². The van der Waals surface area contributed by atoms with Crippen LogP contribution < -0.4 is 10.1 Å². The largest absolute Gasteiger partial charge is 0.493 e. The molecule has 1 N–H and O–H groups in total. The lowest BCUT2D eigenvalue weighted by Crippen LogP contribution is -2.29. The first-order valence-corrected chi connectivity index (χ1v) is 7.10. The zero-order chi connectivity index (χ0) is 13.8. The van der Waals surface area contributed by atoms with E-state index in [-0.39, 0.29) is 6.04 Å². The van der Waals surface area contributed by atoms with Gasteiger partial charge in [0, 0.05) is 35.5 Å². The van der Waals surface area contributed by atoms with Crippen molar-refractivity contribution in [1.82, 2.24) is 15.3 Å². The Balaban J connectivity index is 1.91. The molecule has 4 heteroatoms. The first kappa shape index (κ1) is 13.1. The molecule has 0 saturated heterocycles. The molecule has 0 saturated carbocycles. The molecule has 0 radical (unpaired) electrons. The van der Waals surface area contributed by atoms with E-state index in [1.807, 2.05) is 24.5 Å². The molecule has 4 nitrogen and oxygen atoms in total. The van der Waals surface area contributed by atoms with E-state index in [4.69, 9.17) is 4.74 Å². The molecule has 0 bridgehead atoms. The number of nitrogens with one attached hydrogen (secondary N) is 1. The summed E-state index contributed by atoms with van der Waals surface area (Å²) in [5.41, 5.74) is 2.39. The molecule has 2 heterocycles. The van der Waals surface area contributed by atoms with E-state index in [0.29, 0.717) is 12.5 Å². The fraction of sp³-hybridized carbons (Fsp3) is 0.375. The molecule has 2 unspecified atom stereocenters. The van der Waals surface area contributed by atoms with Crippen molar-refractivity contribution in [2.24, 2.45) is 0 Å². The molecule has 0 fully saturated rings. The zero-order valence-electron chi connectivity index (χ0n) is 11.6. The van der Waals surface area contributed by atoms with Crippen LogP contribution in [-0.2, 0) is 0 Å². The van der Waals surface area contributed by atoms with Crippen LogP contribution in [0.2, 0.25) is 0 Å². The molecular formula is C16H19N3O. The molecule has 2 aromatic rings. The maximum atomic E-state index is 5.81. The summed E-state index contributed by atoms with van der Waals surface area (Å²) in [4.78, 5) is 8.30. The van der Waals surface area contributed by atoms with Crippen LogP contribution in [0.5, 0.6) is 5.75 Å². The van der Waals surface area contributed by atoms with E-state index in [2.05, 4.69) is 34.3 Å². The number of aromatic nitrogens is 2. The summed E-state index contributed by atoms with van der Waals surface area (Å²) >= 11 is 0. The Morgan fingerprint density at radius 1 is 1.30 bits per heavy atom. The number of fused-ring (bicyclic) bond motifs is 1. The summed E-state index contributed by atoms with van der Waals surface area (Å²) in [7, 11) is 0. The summed E-state index contributed by atoms with van der Waals surface area (Å²) in [6.07, 6.45) is 6.45. The molecule has 0 amide bonds. The molecule has 2 atom stereocenters. The molecule has 104 valence electrons. The number of ether oxygens (including phenoxy) is 1. The van der Waals surface area contributed by atoms with Gasteiger partial charge in [-0.05, 0) is 19.0 Å². The number of rotatable bonds is 5. The number of hydrogen-bond donors (Lipinski definition) is 1. The van der Waals surface area contributed by atoms with Gasteiger partial charge >= 0.3 is 0 Å². The maximum absolute atomic E-state index is 5.81. The molecule has 1 aromatic carbocycles. The van der Waals surface area contributed by atoms with Crippen molar-refractivity contribution < 1.29 is 4.74 Å². The van der Waals surface area contributed by atoms with Crippen LogP contribution in [0.4, 0.5) is 0 Å². The van der Waals surface area contributed by atoms with Gasteiger partial charge in [0.2, 0.25) is 0 Å². The number of hydrogen-bond acceptors (Lipinski definition) is 4. The normalized spacial score (nSPS) is 18.4. The fourth-order valence-electron chi connectivity index (χ4n) is 2.73. The Morgan fingerprint density at radius 2 is 2.10 bits per heavy atom.